The summed E-state index contributed by atoms with van der Waals surface area (Å²) in [6, 6.07) is 9.88. The molecule has 5 nitrogen and oxygen atoms in total. The number of amides is 1. The number of carbonyl (C=O) groups is 1. The van der Waals surface area contributed by atoms with Gasteiger partial charge in [-0.15, -0.1) is 0 Å². The Labute approximate surface area is 124 Å². The van der Waals surface area contributed by atoms with Crippen molar-refractivity contribution in [2.75, 3.05) is 18.4 Å². The molecule has 2 heterocycles. The number of benzene rings is 1. The lowest BCUT2D eigenvalue weighted by atomic mass is 9.97. The Kier molecular flexibility index (Phi) is 4.31. The Morgan fingerprint density at radius 3 is 2.71 bits per heavy atom. The molecule has 0 bridgehead atoms. The lowest BCUT2D eigenvalue weighted by molar-refractivity contribution is -0.120. The smallest absolute Gasteiger partial charge is 0.227 e. The van der Waals surface area contributed by atoms with Gasteiger partial charge in [0.05, 0.1) is 6.54 Å². The molecule has 1 saturated heterocycles. The molecular formula is C16H20N4O. The molecule has 1 amide bonds. The Morgan fingerprint density at radius 2 is 2.05 bits per heavy atom. The number of rotatable bonds is 4. The van der Waals surface area contributed by atoms with E-state index in [-0.39, 0.29) is 11.8 Å². The van der Waals surface area contributed by atoms with E-state index in [4.69, 9.17) is 0 Å². The second-order valence-corrected chi connectivity index (χ2v) is 5.41. The van der Waals surface area contributed by atoms with Crippen molar-refractivity contribution in [1.29, 1.82) is 0 Å². The number of aromatic nitrogens is 2. The maximum Gasteiger partial charge on any atom is 0.227 e. The highest BCUT2D eigenvalue weighted by atomic mass is 16.1. The molecule has 0 saturated carbocycles. The van der Waals surface area contributed by atoms with Gasteiger partial charge < -0.3 is 10.6 Å². The molecular weight excluding hydrogens is 264 g/mol. The standard InChI is InChI=1S/C16H20N4O/c21-16(14-6-9-17-10-7-14)19-15-4-2-13(3-5-15)12-20-11-1-8-18-20/h1-5,8,11,14,17H,6-7,9-10,12H2,(H,19,21). The van der Waals surface area contributed by atoms with Gasteiger partial charge in [-0.25, -0.2) is 0 Å². The zero-order valence-electron chi connectivity index (χ0n) is 12.0. The van der Waals surface area contributed by atoms with Crippen molar-refractivity contribution in [3.05, 3.63) is 48.3 Å². The predicted octanol–water partition coefficient (Wildman–Crippen LogP) is 1.87. The van der Waals surface area contributed by atoms with Crippen LogP contribution in [0.4, 0.5) is 5.69 Å². The van der Waals surface area contributed by atoms with E-state index in [9.17, 15) is 4.79 Å². The van der Waals surface area contributed by atoms with Crippen molar-refractivity contribution < 1.29 is 4.79 Å². The van der Waals surface area contributed by atoms with Gasteiger partial charge in [0.2, 0.25) is 5.91 Å². The third kappa shape index (κ3) is 3.70. The van der Waals surface area contributed by atoms with Crippen molar-refractivity contribution >= 4 is 11.6 Å². The van der Waals surface area contributed by atoms with Crippen molar-refractivity contribution in [1.82, 2.24) is 15.1 Å². The molecule has 1 aliphatic rings. The van der Waals surface area contributed by atoms with E-state index in [1.54, 1.807) is 6.20 Å². The highest BCUT2D eigenvalue weighted by Crippen LogP contribution is 2.16. The van der Waals surface area contributed by atoms with Gasteiger partial charge in [-0.3, -0.25) is 9.48 Å². The number of nitrogens with one attached hydrogen (secondary N) is 2. The Morgan fingerprint density at radius 1 is 1.29 bits per heavy atom. The van der Waals surface area contributed by atoms with Gasteiger partial charge in [0, 0.05) is 24.0 Å². The molecule has 110 valence electrons. The van der Waals surface area contributed by atoms with Gasteiger partial charge in [-0.1, -0.05) is 12.1 Å². The van der Waals surface area contributed by atoms with E-state index in [1.165, 1.54) is 5.56 Å². The van der Waals surface area contributed by atoms with Crippen LogP contribution in [0.1, 0.15) is 18.4 Å². The predicted molar refractivity (Wildman–Crippen MR) is 82.0 cm³/mol. The first-order valence-corrected chi connectivity index (χ1v) is 7.39. The van der Waals surface area contributed by atoms with Gasteiger partial charge in [-0.2, -0.15) is 5.10 Å². The SMILES string of the molecule is O=C(Nc1ccc(Cn2cccn2)cc1)C1CCNCC1. The van der Waals surface area contributed by atoms with Crippen LogP contribution in [0.5, 0.6) is 0 Å². The Hall–Kier alpha value is -2.14. The lowest BCUT2D eigenvalue weighted by Crippen LogP contribution is -2.34. The van der Waals surface area contributed by atoms with Crippen LogP contribution in [0.3, 0.4) is 0 Å². The molecule has 2 N–H and O–H groups in total. The van der Waals surface area contributed by atoms with E-state index < -0.39 is 0 Å². The summed E-state index contributed by atoms with van der Waals surface area (Å²) in [6.45, 7) is 2.61. The minimum atomic E-state index is 0.134. The maximum atomic E-state index is 12.2. The first-order chi connectivity index (χ1) is 10.3. The Bertz CT molecular complexity index is 571. The zero-order valence-corrected chi connectivity index (χ0v) is 12.0. The summed E-state index contributed by atoms with van der Waals surface area (Å²) in [5.74, 6) is 0.270. The molecule has 0 radical (unpaired) electrons. The van der Waals surface area contributed by atoms with E-state index in [0.29, 0.717) is 0 Å². The third-order valence-electron chi connectivity index (χ3n) is 3.84. The van der Waals surface area contributed by atoms with Crippen LogP contribution in [0.2, 0.25) is 0 Å². The van der Waals surface area contributed by atoms with Crippen LogP contribution in [-0.4, -0.2) is 28.8 Å². The van der Waals surface area contributed by atoms with E-state index in [2.05, 4.69) is 15.7 Å². The monoisotopic (exact) mass is 284 g/mol. The summed E-state index contributed by atoms with van der Waals surface area (Å²) in [6.07, 6.45) is 5.55. The molecule has 2 aromatic rings. The fraction of sp³-hybridized carbons (Fsp3) is 0.375. The van der Waals surface area contributed by atoms with Crippen LogP contribution < -0.4 is 10.6 Å². The quantitative estimate of drug-likeness (QED) is 0.901. The number of hydrogen-bond donors (Lipinski definition) is 2. The first kappa shape index (κ1) is 13.8. The molecule has 0 spiro atoms. The molecule has 5 heteroatoms. The van der Waals surface area contributed by atoms with Crippen LogP contribution in [-0.2, 0) is 11.3 Å². The number of hydrogen-bond acceptors (Lipinski definition) is 3. The number of carbonyl (C=O) groups excluding carboxylic acids is 1. The van der Waals surface area contributed by atoms with Gasteiger partial charge in [0.25, 0.3) is 0 Å². The molecule has 1 aromatic heterocycles. The van der Waals surface area contributed by atoms with Crippen molar-refractivity contribution in [2.45, 2.75) is 19.4 Å². The molecule has 21 heavy (non-hydrogen) atoms. The van der Waals surface area contributed by atoms with Gasteiger partial charge in [-0.05, 0) is 49.7 Å². The normalized spacial score (nSPS) is 15.8. The van der Waals surface area contributed by atoms with E-state index in [0.717, 1.165) is 38.2 Å². The minimum Gasteiger partial charge on any atom is -0.326 e. The number of anilines is 1. The van der Waals surface area contributed by atoms with Crippen molar-refractivity contribution in [3.63, 3.8) is 0 Å². The van der Waals surface area contributed by atoms with Gasteiger partial charge >= 0.3 is 0 Å². The Balaban J connectivity index is 1.57. The second kappa shape index (κ2) is 6.54. The zero-order chi connectivity index (χ0) is 14.5. The average molecular weight is 284 g/mol. The summed E-state index contributed by atoms with van der Waals surface area (Å²) in [4.78, 5) is 12.2. The second-order valence-electron chi connectivity index (χ2n) is 5.41. The van der Waals surface area contributed by atoms with Crippen LogP contribution in [0.15, 0.2) is 42.7 Å². The summed E-state index contributed by atoms with van der Waals surface area (Å²) < 4.78 is 1.88. The maximum absolute atomic E-state index is 12.2. The van der Waals surface area contributed by atoms with Crippen molar-refractivity contribution in [2.24, 2.45) is 5.92 Å². The topological polar surface area (TPSA) is 59.0 Å². The van der Waals surface area contributed by atoms with Crippen LogP contribution >= 0.6 is 0 Å². The highest BCUT2D eigenvalue weighted by Gasteiger charge is 2.20. The van der Waals surface area contributed by atoms with Gasteiger partial charge in [0.1, 0.15) is 0 Å². The summed E-state index contributed by atoms with van der Waals surface area (Å²) >= 11 is 0. The summed E-state index contributed by atoms with van der Waals surface area (Å²) in [7, 11) is 0. The average Bonchev–Trinajstić information content (AvgIpc) is 3.03. The lowest BCUT2D eigenvalue weighted by Gasteiger charge is -2.21. The molecule has 3 rings (SSSR count). The number of nitrogens with zero attached hydrogens (tertiary/aromatic N) is 2. The summed E-state index contributed by atoms with van der Waals surface area (Å²) in [5, 5.41) is 10.5. The molecule has 1 aromatic carbocycles. The fourth-order valence-corrected chi connectivity index (χ4v) is 2.60. The molecule has 1 aliphatic heterocycles. The molecule has 0 atom stereocenters. The van der Waals surface area contributed by atoms with Crippen LogP contribution in [0, 0.1) is 5.92 Å². The molecule has 0 aliphatic carbocycles. The van der Waals surface area contributed by atoms with Gasteiger partial charge in [0.15, 0.2) is 0 Å². The third-order valence-corrected chi connectivity index (χ3v) is 3.84. The first-order valence-electron chi connectivity index (χ1n) is 7.39. The largest absolute Gasteiger partial charge is 0.326 e. The minimum absolute atomic E-state index is 0.134. The fourth-order valence-electron chi connectivity index (χ4n) is 2.60. The summed E-state index contributed by atoms with van der Waals surface area (Å²) in [5.41, 5.74) is 2.03. The number of piperidine rings is 1. The van der Waals surface area contributed by atoms with Crippen LogP contribution in [0.25, 0.3) is 0 Å². The van der Waals surface area contributed by atoms with E-state index in [1.807, 2.05) is 41.2 Å². The molecule has 0 unspecified atom stereocenters. The van der Waals surface area contributed by atoms with Crippen molar-refractivity contribution in [3.8, 4) is 0 Å². The highest BCUT2D eigenvalue weighted by molar-refractivity contribution is 5.92. The molecule has 1 fully saturated rings. The van der Waals surface area contributed by atoms with E-state index >= 15 is 0 Å².